The first-order valence-corrected chi connectivity index (χ1v) is 5.70. The third-order valence-corrected chi connectivity index (χ3v) is 3.87. The maximum Gasteiger partial charge on any atom is 0.133 e. The average molecular weight is 272 g/mol. The summed E-state index contributed by atoms with van der Waals surface area (Å²) in [4.78, 5) is 0. The van der Waals surface area contributed by atoms with Crippen molar-refractivity contribution in [3.8, 4) is 11.5 Å². The Hall–Kier alpha value is -0.740. The lowest BCUT2D eigenvalue weighted by Crippen LogP contribution is -2.20. The van der Waals surface area contributed by atoms with E-state index in [-0.39, 0.29) is 5.41 Å². The van der Waals surface area contributed by atoms with Gasteiger partial charge >= 0.3 is 0 Å². The van der Waals surface area contributed by atoms with Gasteiger partial charge in [-0.05, 0) is 40.9 Å². The maximum atomic E-state index is 9.88. The molecule has 1 aromatic carbocycles. The topological polar surface area (TPSA) is 55.5 Å². The van der Waals surface area contributed by atoms with Gasteiger partial charge in [0.2, 0.25) is 0 Å². The van der Waals surface area contributed by atoms with Gasteiger partial charge in [0.1, 0.15) is 11.5 Å². The van der Waals surface area contributed by atoms with Crippen molar-refractivity contribution in [1.82, 2.24) is 0 Å². The zero-order valence-electron chi connectivity index (χ0n) is 8.59. The highest BCUT2D eigenvalue weighted by molar-refractivity contribution is 9.10. The van der Waals surface area contributed by atoms with Crippen LogP contribution in [0.4, 0.5) is 0 Å². The van der Waals surface area contributed by atoms with Crippen molar-refractivity contribution >= 4 is 15.9 Å². The predicted molar refractivity (Wildman–Crippen MR) is 62.3 cm³/mol. The molecular formula is C11H14BrNO2. The molecule has 1 aliphatic rings. The second-order valence-corrected chi connectivity index (χ2v) is 4.75. The van der Waals surface area contributed by atoms with Gasteiger partial charge in [0, 0.05) is 17.5 Å². The van der Waals surface area contributed by atoms with Crippen LogP contribution in [0.25, 0.3) is 0 Å². The summed E-state index contributed by atoms with van der Waals surface area (Å²) in [5.41, 5.74) is 6.61. The molecule has 1 saturated carbocycles. The second kappa shape index (κ2) is 3.68. The lowest BCUT2D eigenvalue weighted by Gasteiger charge is -2.18. The molecule has 3 N–H and O–H groups in total. The fourth-order valence-corrected chi connectivity index (χ4v) is 2.83. The molecule has 0 radical (unpaired) electrons. The van der Waals surface area contributed by atoms with E-state index in [9.17, 15) is 5.11 Å². The van der Waals surface area contributed by atoms with Crippen molar-refractivity contribution in [3.63, 3.8) is 0 Å². The fraction of sp³-hybridized carbons (Fsp3) is 0.455. The van der Waals surface area contributed by atoms with Crippen LogP contribution in [-0.2, 0) is 5.41 Å². The van der Waals surface area contributed by atoms with E-state index in [2.05, 4.69) is 15.9 Å². The van der Waals surface area contributed by atoms with Gasteiger partial charge in [-0.1, -0.05) is 0 Å². The molecule has 0 amide bonds. The van der Waals surface area contributed by atoms with Gasteiger partial charge < -0.3 is 15.6 Å². The largest absolute Gasteiger partial charge is 0.508 e. The van der Waals surface area contributed by atoms with E-state index in [1.165, 1.54) is 0 Å². The molecular weight excluding hydrogens is 258 g/mol. The summed E-state index contributed by atoms with van der Waals surface area (Å²) in [5.74, 6) is 1.04. The Morgan fingerprint density at radius 1 is 1.53 bits per heavy atom. The third-order valence-electron chi connectivity index (χ3n) is 3.08. The highest BCUT2D eigenvalue weighted by Gasteiger charge is 2.46. The second-order valence-electron chi connectivity index (χ2n) is 3.96. The minimum atomic E-state index is -0.0442. The lowest BCUT2D eigenvalue weighted by molar-refractivity contribution is 0.405. The standard InChI is InChI=1S/C11H14BrNO2/c1-15-8-3-2-7(14)9(10(8)12)11(6-13)4-5-11/h2-3,14H,4-6,13H2,1H3. The first-order chi connectivity index (χ1) is 7.14. The Morgan fingerprint density at radius 3 is 2.67 bits per heavy atom. The van der Waals surface area contributed by atoms with E-state index in [1.54, 1.807) is 19.2 Å². The smallest absolute Gasteiger partial charge is 0.133 e. The Bertz CT molecular complexity index is 388. The summed E-state index contributed by atoms with van der Waals surface area (Å²) in [6.07, 6.45) is 2.06. The molecule has 0 spiro atoms. The van der Waals surface area contributed by atoms with Gasteiger partial charge in [-0.15, -0.1) is 0 Å². The number of aromatic hydroxyl groups is 1. The molecule has 0 aliphatic heterocycles. The summed E-state index contributed by atoms with van der Waals surface area (Å²) in [5, 5.41) is 9.88. The van der Waals surface area contributed by atoms with Crippen LogP contribution in [0.15, 0.2) is 16.6 Å². The SMILES string of the molecule is COc1ccc(O)c(C2(CN)CC2)c1Br. The number of hydrogen-bond acceptors (Lipinski definition) is 3. The molecule has 0 unspecified atom stereocenters. The van der Waals surface area contributed by atoms with Gasteiger partial charge in [-0.25, -0.2) is 0 Å². The van der Waals surface area contributed by atoms with Crippen molar-refractivity contribution in [2.75, 3.05) is 13.7 Å². The molecule has 0 heterocycles. The molecule has 2 rings (SSSR count). The molecule has 1 aromatic rings. The van der Waals surface area contributed by atoms with Crippen LogP contribution in [0.3, 0.4) is 0 Å². The molecule has 0 bridgehead atoms. The molecule has 3 nitrogen and oxygen atoms in total. The Labute approximate surface area is 97.4 Å². The van der Waals surface area contributed by atoms with Crippen LogP contribution in [0, 0.1) is 0 Å². The molecule has 4 heteroatoms. The van der Waals surface area contributed by atoms with E-state index < -0.39 is 0 Å². The monoisotopic (exact) mass is 271 g/mol. The lowest BCUT2D eigenvalue weighted by atomic mass is 9.95. The minimum absolute atomic E-state index is 0.0442. The molecule has 0 saturated heterocycles. The van der Waals surface area contributed by atoms with Crippen molar-refractivity contribution in [1.29, 1.82) is 0 Å². The first-order valence-electron chi connectivity index (χ1n) is 4.90. The molecule has 0 aromatic heterocycles. The van der Waals surface area contributed by atoms with E-state index >= 15 is 0 Å². The summed E-state index contributed by atoms with van der Waals surface area (Å²) in [6, 6.07) is 3.41. The van der Waals surface area contributed by atoms with Gasteiger partial charge in [-0.2, -0.15) is 0 Å². The summed E-state index contributed by atoms with van der Waals surface area (Å²) in [7, 11) is 1.61. The van der Waals surface area contributed by atoms with Gasteiger partial charge in [0.15, 0.2) is 0 Å². The zero-order valence-corrected chi connectivity index (χ0v) is 10.2. The molecule has 15 heavy (non-hydrogen) atoms. The molecule has 82 valence electrons. The molecule has 1 fully saturated rings. The Balaban J connectivity index is 2.54. The number of hydrogen-bond donors (Lipinski definition) is 2. The van der Waals surface area contributed by atoms with Crippen LogP contribution < -0.4 is 10.5 Å². The number of benzene rings is 1. The number of phenols is 1. The quantitative estimate of drug-likeness (QED) is 0.886. The average Bonchev–Trinajstić information content (AvgIpc) is 2.99. The van der Waals surface area contributed by atoms with Crippen LogP contribution in [0.2, 0.25) is 0 Å². The maximum absolute atomic E-state index is 9.88. The number of ether oxygens (including phenoxy) is 1. The van der Waals surface area contributed by atoms with Crippen molar-refractivity contribution < 1.29 is 9.84 Å². The van der Waals surface area contributed by atoms with Gasteiger partial charge in [0.05, 0.1) is 11.6 Å². The molecule has 0 atom stereocenters. The van der Waals surface area contributed by atoms with Crippen LogP contribution in [0.1, 0.15) is 18.4 Å². The van der Waals surface area contributed by atoms with E-state index in [0.717, 1.165) is 28.6 Å². The van der Waals surface area contributed by atoms with E-state index in [0.29, 0.717) is 12.3 Å². The first kappa shape index (κ1) is 10.8. The number of nitrogens with two attached hydrogens (primary N) is 1. The number of halogens is 1. The van der Waals surface area contributed by atoms with Crippen LogP contribution in [-0.4, -0.2) is 18.8 Å². The van der Waals surface area contributed by atoms with Crippen molar-refractivity contribution in [2.45, 2.75) is 18.3 Å². The van der Waals surface area contributed by atoms with Crippen LogP contribution >= 0.6 is 15.9 Å². The molecule has 1 aliphatic carbocycles. The van der Waals surface area contributed by atoms with Crippen molar-refractivity contribution in [3.05, 3.63) is 22.2 Å². The third kappa shape index (κ3) is 1.62. The normalized spacial score (nSPS) is 17.5. The van der Waals surface area contributed by atoms with Gasteiger partial charge in [-0.3, -0.25) is 0 Å². The minimum Gasteiger partial charge on any atom is -0.508 e. The zero-order chi connectivity index (χ0) is 11.1. The summed E-state index contributed by atoms with van der Waals surface area (Å²) in [6.45, 7) is 0.562. The fourth-order valence-electron chi connectivity index (χ4n) is 1.92. The number of rotatable bonds is 3. The van der Waals surface area contributed by atoms with Crippen molar-refractivity contribution in [2.24, 2.45) is 5.73 Å². The number of phenolic OH excluding ortho intramolecular Hbond substituents is 1. The Kier molecular flexibility index (Phi) is 2.64. The highest BCUT2D eigenvalue weighted by Crippen LogP contribution is 2.54. The van der Waals surface area contributed by atoms with Crippen LogP contribution in [0.5, 0.6) is 11.5 Å². The predicted octanol–water partition coefficient (Wildman–Crippen LogP) is 2.15. The Morgan fingerprint density at radius 2 is 2.20 bits per heavy atom. The summed E-state index contributed by atoms with van der Waals surface area (Å²) < 4.78 is 6.04. The highest BCUT2D eigenvalue weighted by atomic mass is 79.9. The number of methoxy groups -OCH3 is 1. The van der Waals surface area contributed by atoms with E-state index in [4.69, 9.17) is 10.5 Å². The van der Waals surface area contributed by atoms with E-state index in [1.807, 2.05) is 0 Å². The summed E-state index contributed by atoms with van der Waals surface area (Å²) >= 11 is 3.47. The van der Waals surface area contributed by atoms with Gasteiger partial charge in [0.25, 0.3) is 0 Å².